The van der Waals surface area contributed by atoms with Crippen molar-refractivity contribution in [1.29, 1.82) is 0 Å². The molecule has 0 saturated carbocycles. The highest BCUT2D eigenvalue weighted by Crippen LogP contribution is 2.28. The highest BCUT2D eigenvalue weighted by Gasteiger charge is 2.42. The molecule has 2 rings (SSSR count). The van der Waals surface area contributed by atoms with Gasteiger partial charge in [0.25, 0.3) is 0 Å². The number of ether oxygens (including phenoxy) is 2. The molecule has 5 heteroatoms. The first-order valence-electron chi connectivity index (χ1n) is 5.98. The summed E-state index contributed by atoms with van der Waals surface area (Å²) in [4.78, 5) is 0. The molecule has 2 fully saturated rings. The maximum absolute atomic E-state index is 6.54. The Morgan fingerprint density at radius 2 is 1.33 bits per heavy atom. The largest absolute Gasteiger partial charge is 0.452 e. The van der Waals surface area contributed by atoms with E-state index in [-0.39, 0.29) is 0 Å². The molecule has 0 aromatic rings. The lowest BCUT2D eigenvalue weighted by molar-refractivity contribution is 0.132. The summed E-state index contributed by atoms with van der Waals surface area (Å²) in [6.07, 6.45) is 4.17. The van der Waals surface area contributed by atoms with Gasteiger partial charge in [-0.05, 0) is 38.0 Å². The molecule has 88 valence electrons. The Morgan fingerprint density at radius 3 is 1.67 bits per heavy atom. The molecule has 0 N–H and O–H groups in total. The van der Waals surface area contributed by atoms with E-state index in [9.17, 15) is 0 Å². The molecule has 2 aliphatic heterocycles. The third kappa shape index (κ3) is 3.13. The van der Waals surface area contributed by atoms with Crippen LogP contribution in [0.1, 0.15) is 12.8 Å². The van der Waals surface area contributed by atoms with E-state index in [0.29, 0.717) is 0 Å². The van der Waals surface area contributed by atoms with Crippen LogP contribution in [0.3, 0.4) is 0 Å². The molecule has 0 radical (unpaired) electrons. The summed E-state index contributed by atoms with van der Waals surface area (Å²) in [7, 11) is -3.07. The molecule has 2 unspecified atom stereocenters. The van der Waals surface area contributed by atoms with E-state index in [0.717, 1.165) is 25.7 Å². The second-order valence-corrected chi connectivity index (χ2v) is 13.5. The summed E-state index contributed by atoms with van der Waals surface area (Å²) in [6.45, 7) is 6.53. The standard InChI is InChI=1S/C10H22O3Si2/c1-14(7-3-5-11-9-14)13-15(2)8-4-6-12-10-15/h3-10H2,1-2H3. The highest BCUT2D eigenvalue weighted by atomic mass is 28.4. The zero-order valence-corrected chi connectivity index (χ0v) is 11.9. The molecular weight excluding hydrogens is 224 g/mol. The minimum Gasteiger partial charge on any atom is -0.452 e. The van der Waals surface area contributed by atoms with Gasteiger partial charge in [0.1, 0.15) is 0 Å². The number of hydrogen-bond donors (Lipinski definition) is 0. The molecule has 2 atom stereocenters. The van der Waals surface area contributed by atoms with Gasteiger partial charge in [0.15, 0.2) is 0 Å². The smallest absolute Gasteiger partial charge is 0.202 e. The normalized spacial score (nSPS) is 42.8. The molecule has 2 saturated heterocycles. The molecule has 15 heavy (non-hydrogen) atoms. The Labute approximate surface area is 94.4 Å². The van der Waals surface area contributed by atoms with Crippen molar-refractivity contribution in [2.24, 2.45) is 0 Å². The molecule has 3 nitrogen and oxygen atoms in total. The monoisotopic (exact) mass is 246 g/mol. The highest BCUT2D eigenvalue weighted by molar-refractivity contribution is 6.86. The molecule has 0 aromatic carbocycles. The summed E-state index contributed by atoms with van der Waals surface area (Å²) in [6, 6.07) is 2.55. The predicted molar refractivity (Wildman–Crippen MR) is 64.8 cm³/mol. The van der Waals surface area contributed by atoms with Crippen LogP contribution in [0.2, 0.25) is 25.2 Å². The van der Waals surface area contributed by atoms with Crippen molar-refractivity contribution in [2.75, 3.05) is 25.7 Å². The molecule has 0 amide bonds. The average molecular weight is 246 g/mol. The molecule has 2 aliphatic rings. The second kappa shape index (κ2) is 4.67. The molecule has 0 aromatic heterocycles. The van der Waals surface area contributed by atoms with Crippen molar-refractivity contribution in [1.82, 2.24) is 0 Å². The third-order valence-electron chi connectivity index (χ3n) is 3.30. The van der Waals surface area contributed by atoms with Gasteiger partial charge in [-0.1, -0.05) is 0 Å². The zero-order chi connectivity index (χ0) is 10.8. The van der Waals surface area contributed by atoms with Crippen LogP contribution in [0, 0.1) is 0 Å². The number of hydrogen-bond acceptors (Lipinski definition) is 3. The quantitative estimate of drug-likeness (QED) is 0.698. The van der Waals surface area contributed by atoms with E-state index >= 15 is 0 Å². The van der Waals surface area contributed by atoms with Crippen LogP contribution < -0.4 is 0 Å². The van der Waals surface area contributed by atoms with Gasteiger partial charge in [0, 0.05) is 13.2 Å². The summed E-state index contributed by atoms with van der Waals surface area (Å²) in [5, 5.41) is 0. The fraction of sp³-hybridized carbons (Fsp3) is 1.00. The number of rotatable bonds is 2. The fourth-order valence-electron chi connectivity index (χ4n) is 2.57. The molecular formula is C10H22O3Si2. The first kappa shape index (κ1) is 11.8. The van der Waals surface area contributed by atoms with Gasteiger partial charge in [-0.3, -0.25) is 0 Å². The van der Waals surface area contributed by atoms with E-state index in [2.05, 4.69) is 13.1 Å². The van der Waals surface area contributed by atoms with Crippen LogP contribution in [-0.2, 0) is 13.6 Å². The molecule has 0 bridgehead atoms. The Morgan fingerprint density at radius 1 is 0.867 bits per heavy atom. The van der Waals surface area contributed by atoms with Crippen molar-refractivity contribution in [2.45, 2.75) is 38.0 Å². The zero-order valence-electron chi connectivity index (χ0n) is 9.88. The van der Waals surface area contributed by atoms with Gasteiger partial charge in [-0.25, -0.2) is 0 Å². The van der Waals surface area contributed by atoms with Gasteiger partial charge in [0.2, 0.25) is 16.6 Å². The van der Waals surface area contributed by atoms with Gasteiger partial charge in [-0.15, -0.1) is 0 Å². The van der Waals surface area contributed by atoms with E-state index in [1.165, 1.54) is 24.9 Å². The maximum atomic E-state index is 6.54. The maximum Gasteiger partial charge on any atom is 0.202 e. The lowest BCUT2D eigenvalue weighted by Crippen LogP contribution is -2.56. The fourth-order valence-corrected chi connectivity index (χ4v) is 11.8. The second-order valence-electron chi connectivity index (χ2n) is 5.31. The first-order valence-corrected chi connectivity index (χ1v) is 11.6. The van der Waals surface area contributed by atoms with Gasteiger partial charge < -0.3 is 13.6 Å². The van der Waals surface area contributed by atoms with Crippen LogP contribution in [0.15, 0.2) is 0 Å². The summed E-state index contributed by atoms with van der Waals surface area (Å²) < 4.78 is 17.7. The van der Waals surface area contributed by atoms with Crippen molar-refractivity contribution in [3.63, 3.8) is 0 Å². The minimum absolute atomic E-state index is 0.898. The summed E-state index contributed by atoms with van der Waals surface area (Å²) in [5.74, 6) is 0. The Kier molecular flexibility index (Phi) is 3.67. The Balaban J connectivity index is 1.93. The lowest BCUT2D eigenvalue weighted by Gasteiger charge is -2.41. The lowest BCUT2D eigenvalue weighted by atomic mass is 10.5. The minimum atomic E-state index is -1.54. The molecule has 0 spiro atoms. The van der Waals surface area contributed by atoms with Crippen LogP contribution in [0.25, 0.3) is 0 Å². The third-order valence-corrected chi connectivity index (χ3v) is 11.7. The van der Waals surface area contributed by atoms with Crippen LogP contribution in [-0.4, -0.2) is 42.3 Å². The average Bonchev–Trinajstić information content (AvgIpc) is 2.18. The summed E-state index contributed by atoms with van der Waals surface area (Å²) in [5.41, 5.74) is 0. The van der Waals surface area contributed by atoms with Gasteiger partial charge >= 0.3 is 0 Å². The van der Waals surface area contributed by atoms with Gasteiger partial charge in [-0.2, -0.15) is 0 Å². The van der Waals surface area contributed by atoms with Crippen molar-refractivity contribution in [3.8, 4) is 0 Å². The topological polar surface area (TPSA) is 27.7 Å². The van der Waals surface area contributed by atoms with Crippen LogP contribution in [0.5, 0.6) is 0 Å². The van der Waals surface area contributed by atoms with Crippen molar-refractivity contribution >= 4 is 16.6 Å². The van der Waals surface area contributed by atoms with E-state index < -0.39 is 16.6 Å². The Hall–Kier alpha value is 0.314. The van der Waals surface area contributed by atoms with E-state index in [1.54, 1.807) is 0 Å². The van der Waals surface area contributed by atoms with Gasteiger partial charge in [0.05, 0.1) is 12.5 Å². The van der Waals surface area contributed by atoms with E-state index in [4.69, 9.17) is 13.6 Å². The van der Waals surface area contributed by atoms with Crippen LogP contribution in [0.4, 0.5) is 0 Å². The SMILES string of the molecule is C[Si]1(O[Si]2(C)CCCOC2)CCCOC1. The predicted octanol–water partition coefficient (Wildman–Crippen LogP) is 2.07. The van der Waals surface area contributed by atoms with Crippen molar-refractivity contribution in [3.05, 3.63) is 0 Å². The first-order chi connectivity index (χ1) is 7.12. The molecule has 0 aliphatic carbocycles. The van der Waals surface area contributed by atoms with Crippen molar-refractivity contribution < 1.29 is 13.6 Å². The van der Waals surface area contributed by atoms with Crippen LogP contribution >= 0.6 is 0 Å². The summed E-state index contributed by atoms with van der Waals surface area (Å²) >= 11 is 0. The Bertz CT molecular complexity index is 189. The molecule has 2 heterocycles. The van der Waals surface area contributed by atoms with E-state index in [1.807, 2.05) is 0 Å².